The van der Waals surface area contributed by atoms with Crippen LogP contribution in [0.3, 0.4) is 0 Å². The predicted octanol–water partition coefficient (Wildman–Crippen LogP) is 4.14. The average molecular weight is 248 g/mol. The third kappa shape index (κ3) is 1.62. The molecule has 0 heterocycles. The van der Waals surface area contributed by atoms with Crippen LogP contribution in [-0.2, 0) is 0 Å². The van der Waals surface area contributed by atoms with Crippen LogP contribution in [-0.4, -0.2) is 10.7 Å². The Hall–Kier alpha value is -0.0400. The predicted molar refractivity (Wildman–Crippen MR) is 73.2 cm³/mol. The number of rotatable bonds is 1. The van der Waals surface area contributed by atoms with Crippen molar-refractivity contribution in [2.75, 3.05) is 0 Å². The highest BCUT2D eigenvalue weighted by atomic mass is 16.3. The van der Waals surface area contributed by atoms with Crippen molar-refractivity contribution in [3.63, 3.8) is 0 Å². The van der Waals surface area contributed by atoms with Gasteiger partial charge in [-0.15, -0.1) is 0 Å². The zero-order valence-electron chi connectivity index (χ0n) is 11.6. The molecule has 1 N–H and O–H groups in total. The fourth-order valence-electron chi connectivity index (χ4n) is 6.04. The zero-order valence-corrected chi connectivity index (χ0v) is 11.6. The van der Waals surface area contributed by atoms with Gasteiger partial charge in [0.15, 0.2) is 0 Å². The molecule has 18 heavy (non-hydrogen) atoms. The summed E-state index contributed by atoms with van der Waals surface area (Å²) in [5.41, 5.74) is -0.196. The topological polar surface area (TPSA) is 20.2 Å². The summed E-state index contributed by atoms with van der Waals surface area (Å²) in [7, 11) is 0. The molecule has 0 aromatic heterocycles. The van der Waals surface area contributed by atoms with Gasteiger partial charge in [-0.2, -0.15) is 0 Å². The van der Waals surface area contributed by atoms with Crippen LogP contribution in [0.2, 0.25) is 0 Å². The first-order valence-electron chi connectivity index (χ1n) is 8.52. The smallest absolute Gasteiger partial charge is 0.0739 e. The summed E-state index contributed by atoms with van der Waals surface area (Å²) in [6.07, 6.45) is 15.4. The lowest BCUT2D eigenvalue weighted by Gasteiger charge is -2.41. The summed E-state index contributed by atoms with van der Waals surface area (Å²) in [5.74, 6) is 4.08. The highest BCUT2D eigenvalue weighted by Crippen LogP contribution is 2.65. The summed E-state index contributed by atoms with van der Waals surface area (Å²) >= 11 is 0. The SMILES string of the molecule is OC1(C2CCC3CCCCC3C2)C2CCCCC21. The Bertz CT molecular complexity index is 312. The van der Waals surface area contributed by atoms with Gasteiger partial charge < -0.3 is 5.11 Å². The van der Waals surface area contributed by atoms with Crippen molar-refractivity contribution in [3.05, 3.63) is 0 Å². The summed E-state index contributed by atoms with van der Waals surface area (Å²) in [4.78, 5) is 0. The molecule has 1 nitrogen and oxygen atoms in total. The van der Waals surface area contributed by atoms with Crippen LogP contribution in [0.1, 0.15) is 70.6 Å². The molecule has 4 rings (SSSR count). The molecule has 0 radical (unpaired) electrons. The van der Waals surface area contributed by atoms with E-state index in [1.165, 1.54) is 70.6 Å². The minimum atomic E-state index is -0.196. The first kappa shape index (κ1) is 11.8. The highest BCUT2D eigenvalue weighted by molar-refractivity contribution is 5.17. The van der Waals surface area contributed by atoms with Crippen LogP contribution in [0.4, 0.5) is 0 Å². The van der Waals surface area contributed by atoms with Crippen LogP contribution in [0, 0.1) is 29.6 Å². The molecule has 4 aliphatic rings. The van der Waals surface area contributed by atoms with Gasteiger partial charge in [0.2, 0.25) is 0 Å². The maximum absolute atomic E-state index is 11.1. The van der Waals surface area contributed by atoms with Gasteiger partial charge in [-0.25, -0.2) is 0 Å². The molecule has 5 unspecified atom stereocenters. The first-order chi connectivity index (χ1) is 8.80. The molecule has 0 aliphatic heterocycles. The van der Waals surface area contributed by atoms with Crippen molar-refractivity contribution in [1.29, 1.82) is 0 Å². The maximum Gasteiger partial charge on any atom is 0.0739 e. The highest BCUT2D eigenvalue weighted by Gasteiger charge is 2.67. The molecule has 5 atom stereocenters. The molecule has 0 aromatic rings. The molecule has 0 aromatic carbocycles. The second kappa shape index (κ2) is 4.23. The second-order valence-electron chi connectivity index (χ2n) is 7.70. The van der Waals surface area contributed by atoms with Gasteiger partial charge in [0.25, 0.3) is 0 Å². The number of aliphatic hydroxyl groups is 1. The van der Waals surface area contributed by atoms with E-state index in [2.05, 4.69) is 0 Å². The molecule has 4 aliphatic carbocycles. The normalized spacial score (nSPS) is 55.5. The van der Waals surface area contributed by atoms with E-state index >= 15 is 0 Å². The molecule has 0 spiro atoms. The Morgan fingerprint density at radius 1 is 0.667 bits per heavy atom. The molecule has 0 saturated heterocycles. The summed E-state index contributed by atoms with van der Waals surface area (Å²) in [6.45, 7) is 0. The minimum absolute atomic E-state index is 0.196. The number of fused-ring (bicyclic) bond motifs is 2. The van der Waals surface area contributed by atoms with E-state index in [-0.39, 0.29) is 5.60 Å². The van der Waals surface area contributed by atoms with E-state index < -0.39 is 0 Å². The van der Waals surface area contributed by atoms with Gasteiger partial charge in [0, 0.05) is 0 Å². The van der Waals surface area contributed by atoms with Crippen molar-refractivity contribution in [2.24, 2.45) is 29.6 Å². The van der Waals surface area contributed by atoms with Crippen molar-refractivity contribution < 1.29 is 5.11 Å². The van der Waals surface area contributed by atoms with Gasteiger partial charge in [-0.05, 0) is 61.7 Å². The first-order valence-corrected chi connectivity index (χ1v) is 8.52. The Balaban J connectivity index is 1.46. The molecular weight excluding hydrogens is 220 g/mol. The average Bonchev–Trinajstić information content (AvgIpc) is 3.06. The molecule has 0 amide bonds. The molecule has 4 fully saturated rings. The van der Waals surface area contributed by atoms with Crippen LogP contribution >= 0.6 is 0 Å². The number of hydrogen-bond donors (Lipinski definition) is 1. The van der Waals surface area contributed by atoms with Crippen molar-refractivity contribution in [1.82, 2.24) is 0 Å². The van der Waals surface area contributed by atoms with E-state index in [1.54, 1.807) is 0 Å². The lowest BCUT2D eigenvalue weighted by Crippen LogP contribution is -2.36. The van der Waals surface area contributed by atoms with Gasteiger partial charge in [0.1, 0.15) is 0 Å². The lowest BCUT2D eigenvalue weighted by atomic mass is 9.65. The molecule has 102 valence electrons. The van der Waals surface area contributed by atoms with E-state index in [0.29, 0.717) is 17.8 Å². The van der Waals surface area contributed by atoms with Gasteiger partial charge in [-0.3, -0.25) is 0 Å². The van der Waals surface area contributed by atoms with E-state index in [1.807, 2.05) is 0 Å². The third-order valence-electron chi connectivity index (χ3n) is 7.04. The maximum atomic E-state index is 11.1. The summed E-state index contributed by atoms with van der Waals surface area (Å²) < 4.78 is 0. The lowest BCUT2D eigenvalue weighted by molar-refractivity contribution is -0.000689. The van der Waals surface area contributed by atoms with Crippen LogP contribution < -0.4 is 0 Å². The Morgan fingerprint density at radius 3 is 2.00 bits per heavy atom. The van der Waals surface area contributed by atoms with Crippen molar-refractivity contribution in [2.45, 2.75) is 76.2 Å². The Kier molecular flexibility index (Phi) is 2.76. The van der Waals surface area contributed by atoms with Crippen LogP contribution in [0.5, 0.6) is 0 Å². The molecule has 0 bridgehead atoms. The fraction of sp³-hybridized carbons (Fsp3) is 1.00. The van der Waals surface area contributed by atoms with Crippen LogP contribution in [0.25, 0.3) is 0 Å². The molecular formula is C17H28O. The van der Waals surface area contributed by atoms with Gasteiger partial charge in [0.05, 0.1) is 5.60 Å². The van der Waals surface area contributed by atoms with Gasteiger partial charge in [-0.1, -0.05) is 38.5 Å². The molecule has 4 saturated carbocycles. The largest absolute Gasteiger partial charge is 0.389 e. The summed E-state index contributed by atoms with van der Waals surface area (Å²) in [6, 6.07) is 0. The van der Waals surface area contributed by atoms with E-state index in [4.69, 9.17) is 0 Å². The quantitative estimate of drug-likeness (QED) is 0.739. The summed E-state index contributed by atoms with van der Waals surface area (Å²) in [5, 5.41) is 11.1. The second-order valence-corrected chi connectivity index (χ2v) is 7.70. The zero-order chi connectivity index (χ0) is 12.2. The van der Waals surface area contributed by atoms with Crippen LogP contribution in [0.15, 0.2) is 0 Å². The van der Waals surface area contributed by atoms with Crippen molar-refractivity contribution in [3.8, 4) is 0 Å². The fourth-order valence-corrected chi connectivity index (χ4v) is 6.04. The minimum Gasteiger partial charge on any atom is -0.389 e. The number of hydrogen-bond acceptors (Lipinski definition) is 1. The van der Waals surface area contributed by atoms with E-state index in [0.717, 1.165) is 11.8 Å². The van der Waals surface area contributed by atoms with Crippen molar-refractivity contribution >= 4 is 0 Å². The Labute approximate surface area is 111 Å². The Morgan fingerprint density at radius 2 is 1.28 bits per heavy atom. The molecule has 1 heteroatoms. The third-order valence-corrected chi connectivity index (χ3v) is 7.04. The van der Waals surface area contributed by atoms with Gasteiger partial charge >= 0.3 is 0 Å². The standard InChI is InChI=1S/C17H28O/c18-17(15-7-3-4-8-16(15)17)14-10-9-12-5-1-2-6-13(12)11-14/h12-16,18H,1-11H2. The monoisotopic (exact) mass is 248 g/mol. The van der Waals surface area contributed by atoms with E-state index in [9.17, 15) is 5.11 Å².